The second kappa shape index (κ2) is 6.17. The van der Waals surface area contributed by atoms with Crippen LogP contribution in [0.1, 0.15) is 30.1 Å². The number of nitrogens with zero attached hydrogens (tertiary/aromatic N) is 1. The maximum absolute atomic E-state index is 13.8. The van der Waals surface area contributed by atoms with Crippen LogP contribution in [0.4, 0.5) is 4.39 Å². The first-order valence-corrected chi connectivity index (χ1v) is 7.57. The predicted octanol–water partition coefficient (Wildman–Crippen LogP) is 2.63. The van der Waals surface area contributed by atoms with Gasteiger partial charge >= 0.3 is 0 Å². The predicted molar refractivity (Wildman–Crippen MR) is 81.4 cm³/mol. The minimum atomic E-state index is -0.445. The molecule has 104 valence electrons. The van der Waals surface area contributed by atoms with Crippen molar-refractivity contribution in [3.63, 3.8) is 0 Å². The van der Waals surface area contributed by atoms with Crippen molar-refractivity contribution in [1.29, 1.82) is 0 Å². The molecule has 2 atom stereocenters. The molecular formula is C14H18FIN2O. The van der Waals surface area contributed by atoms with Crippen molar-refractivity contribution in [2.75, 3.05) is 13.1 Å². The first-order chi connectivity index (χ1) is 9.00. The van der Waals surface area contributed by atoms with E-state index in [9.17, 15) is 9.18 Å². The fourth-order valence-corrected chi connectivity index (χ4v) is 3.18. The molecule has 1 amide bonds. The zero-order chi connectivity index (χ0) is 14.0. The summed E-state index contributed by atoms with van der Waals surface area (Å²) in [5.41, 5.74) is 6.10. The van der Waals surface area contributed by atoms with E-state index in [0.29, 0.717) is 22.6 Å². The monoisotopic (exact) mass is 376 g/mol. The normalized spacial score (nSPS) is 21.3. The van der Waals surface area contributed by atoms with Crippen molar-refractivity contribution in [2.24, 2.45) is 11.7 Å². The lowest BCUT2D eigenvalue weighted by molar-refractivity contribution is 0.0655. The molecule has 2 rings (SSSR count). The van der Waals surface area contributed by atoms with Crippen LogP contribution in [0.15, 0.2) is 18.2 Å². The van der Waals surface area contributed by atoms with Gasteiger partial charge in [0.1, 0.15) is 5.82 Å². The van der Waals surface area contributed by atoms with E-state index in [1.165, 1.54) is 6.07 Å². The van der Waals surface area contributed by atoms with Crippen molar-refractivity contribution in [2.45, 2.75) is 25.8 Å². The first-order valence-electron chi connectivity index (χ1n) is 6.49. The Morgan fingerprint density at radius 1 is 1.58 bits per heavy atom. The third-order valence-electron chi connectivity index (χ3n) is 3.67. The summed E-state index contributed by atoms with van der Waals surface area (Å²) < 4.78 is 14.5. The van der Waals surface area contributed by atoms with Crippen LogP contribution < -0.4 is 5.73 Å². The van der Waals surface area contributed by atoms with Crippen LogP contribution in [0.2, 0.25) is 0 Å². The lowest BCUT2D eigenvalue weighted by Crippen LogP contribution is -2.45. The second-order valence-electron chi connectivity index (χ2n) is 5.11. The van der Waals surface area contributed by atoms with E-state index >= 15 is 0 Å². The average molecular weight is 376 g/mol. The lowest BCUT2D eigenvalue weighted by Gasteiger charge is -2.34. The molecule has 1 heterocycles. The smallest absolute Gasteiger partial charge is 0.257 e. The number of rotatable bonds is 2. The molecule has 0 aromatic heterocycles. The zero-order valence-corrected chi connectivity index (χ0v) is 13.1. The number of carbonyl (C=O) groups is 1. The van der Waals surface area contributed by atoms with Crippen molar-refractivity contribution in [3.05, 3.63) is 33.1 Å². The summed E-state index contributed by atoms with van der Waals surface area (Å²) in [4.78, 5) is 14.2. The standard InChI is InChI=1S/C14H18FIN2O/c1-9(17)10-4-3-7-18(8-10)14(19)13-11(15)5-2-6-12(13)16/h2,5-6,9-10H,3-4,7-8,17H2,1H3. The summed E-state index contributed by atoms with van der Waals surface area (Å²) >= 11 is 2.00. The van der Waals surface area contributed by atoms with Gasteiger partial charge in [-0.05, 0) is 60.4 Å². The molecule has 2 N–H and O–H groups in total. The summed E-state index contributed by atoms with van der Waals surface area (Å²) in [6, 6.07) is 4.77. The van der Waals surface area contributed by atoms with Crippen LogP contribution in [-0.4, -0.2) is 29.9 Å². The third-order valence-corrected chi connectivity index (χ3v) is 4.56. The Bertz CT molecular complexity index is 458. The van der Waals surface area contributed by atoms with E-state index in [4.69, 9.17) is 5.73 Å². The van der Waals surface area contributed by atoms with E-state index in [-0.39, 0.29) is 17.5 Å². The topological polar surface area (TPSA) is 46.3 Å². The summed E-state index contributed by atoms with van der Waals surface area (Å²) in [6.45, 7) is 3.28. The van der Waals surface area contributed by atoms with E-state index < -0.39 is 5.82 Å². The molecule has 3 nitrogen and oxygen atoms in total. The molecule has 1 fully saturated rings. The molecule has 0 bridgehead atoms. The minimum absolute atomic E-state index is 0.0651. The highest BCUT2D eigenvalue weighted by Gasteiger charge is 2.28. The average Bonchev–Trinajstić information content (AvgIpc) is 2.38. The van der Waals surface area contributed by atoms with Gasteiger partial charge in [0.05, 0.1) is 5.56 Å². The molecule has 5 heteroatoms. The van der Waals surface area contributed by atoms with E-state index in [1.54, 1.807) is 17.0 Å². The van der Waals surface area contributed by atoms with Gasteiger partial charge in [-0.15, -0.1) is 0 Å². The molecule has 0 aliphatic carbocycles. The Labute approximate surface area is 126 Å². The first kappa shape index (κ1) is 14.7. The number of amides is 1. The second-order valence-corrected chi connectivity index (χ2v) is 6.27. The van der Waals surface area contributed by atoms with Gasteiger partial charge in [-0.2, -0.15) is 0 Å². The van der Waals surface area contributed by atoms with Crippen LogP contribution in [0.5, 0.6) is 0 Å². The van der Waals surface area contributed by atoms with Gasteiger partial charge in [-0.3, -0.25) is 4.79 Å². The largest absolute Gasteiger partial charge is 0.338 e. The Morgan fingerprint density at radius 2 is 2.32 bits per heavy atom. The molecule has 0 saturated carbocycles. The summed E-state index contributed by atoms with van der Waals surface area (Å²) in [7, 11) is 0. The fraction of sp³-hybridized carbons (Fsp3) is 0.500. The Hall–Kier alpha value is -0.690. The minimum Gasteiger partial charge on any atom is -0.338 e. The van der Waals surface area contributed by atoms with Gasteiger partial charge in [0.2, 0.25) is 0 Å². The van der Waals surface area contributed by atoms with Crippen LogP contribution >= 0.6 is 22.6 Å². The number of halogens is 2. The number of likely N-dealkylation sites (tertiary alicyclic amines) is 1. The Morgan fingerprint density at radius 3 is 2.95 bits per heavy atom. The van der Waals surface area contributed by atoms with E-state index in [2.05, 4.69) is 0 Å². The van der Waals surface area contributed by atoms with Crippen LogP contribution in [-0.2, 0) is 0 Å². The van der Waals surface area contributed by atoms with Gasteiger partial charge in [0.15, 0.2) is 0 Å². The van der Waals surface area contributed by atoms with Crippen LogP contribution in [0, 0.1) is 15.3 Å². The maximum atomic E-state index is 13.8. The molecule has 0 spiro atoms. The maximum Gasteiger partial charge on any atom is 0.257 e. The summed E-state index contributed by atoms with van der Waals surface area (Å²) in [6.07, 6.45) is 1.97. The van der Waals surface area contributed by atoms with Crippen molar-refractivity contribution >= 4 is 28.5 Å². The Balaban J connectivity index is 2.20. The number of piperidine rings is 1. The molecule has 2 unspecified atom stereocenters. The van der Waals surface area contributed by atoms with Gasteiger partial charge in [-0.1, -0.05) is 6.07 Å². The molecule has 1 aromatic carbocycles. The lowest BCUT2D eigenvalue weighted by atomic mass is 9.92. The van der Waals surface area contributed by atoms with Crippen molar-refractivity contribution in [3.8, 4) is 0 Å². The summed E-state index contributed by atoms with van der Waals surface area (Å²) in [5.74, 6) is -0.352. The van der Waals surface area contributed by atoms with Gasteiger partial charge in [-0.25, -0.2) is 4.39 Å². The highest BCUT2D eigenvalue weighted by molar-refractivity contribution is 14.1. The molecule has 1 aromatic rings. The van der Waals surface area contributed by atoms with Crippen molar-refractivity contribution < 1.29 is 9.18 Å². The Kier molecular flexibility index (Phi) is 4.78. The van der Waals surface area contributed by atoms with Crippen molar-refractivity contribution in [1.82, 2.24) is 4.90 Å². The number of hydrogen-bond donors (Lipinski definition) is 1. The quantitative estimate of drug-likeness (QED) is 0.807. The number of nitrogens with two attached hydrogens (primary N) is 1. The molecule has 1 aliphatic heterocycles. The summed E-state index contributed by atoms with van der Waals surface area (Å²) in [5, 5.41) is 0. The number of hydrogen-bond acceptors (Lipinski definition) is 2. The van der Waals surface area contributed by atoms with E-state index in [1.807, 2.05) is 29.5 Å². The SMILES string of the molecule is CC(N)C1CCCN(C(=O)c2c(F)cccc2I)C1. The van der Waals surface area contributed by atoms with Crippen LogP contribution in [0.3, 0.4) is 0 Å². The molecular weight excluding hydrogens is 358 g/mol. The number of benzene rings is 1. The molecule has 0 radical (unpaired) electrons. The van der Waals surface area contributed by atoms with Gasteiger partial charge in [0, 0.05) is 22.7 Å². The molecule has 1 aliphatic rings. The highest BCUT2D eigenvalue weighted by atomic mass is 127. The zero-order valence-electron chi connectivity index (χ0n) is 10.9. The van der Waals surface area contributed by atoms with Gasteiger partial charge < -0.3 is 10.6 Å². The fourth-order valence-electron chi connectivity index (χ4n) is 2.48. The highest BCUT2D eigenvalue weighted by Crippen LogP contribution is 2.23. The molecule has 19 heavy (non-hydrogen) atoms. The van der Waals surface area contributed by atoms with Crippen LogP contribution in [0.25, 0.3) is 0 Å². The molecule has 1 saturated heterocycles. The van der Waals surface area contributed by atoms with E-state index in [0.717, 1.165) is 12.8 Å². The number of carbonyl (C=O) groups excluding carboxylic acids is 1. The van der Waals surface area contributed by atoms with Gasteiger partial charge in [0.25, 0.3) is 5.91 Å². The third kappa shape index (κ3) is 3.25.